The Balaban J connectivity index is 2.44. The zero-order chi connectivity index (χ0) is 12.2. The minimum absolute atomic E-state index is 0.0762. The summed E-state index contributed by atoms with van der Waals surface area (Å²) in [4.78, 5) is 11.8. The highest BCUT2D eigenvalue weighted by atomic mass is 16.5. The first-order valence-electron chi connectivity index (χ1n) is 6.02. The molecule has 0 bridgehead atoms. The molecule has 4 nitrogen and oxygen atoms in total. The quantitative estimate of drug-likeness (QED) is 0.756. The molecule has 0 radical (unpaired) electrons. The van der Waals surface area contributed by atoms with Crippen LogP contribution in [-0.2, 0) is 9.53 Å². The third kappa shape index (κ3) is 3.76. The Bertz CT molecular complexity index is 237. The molecule has 0 aromatic heterocycles. The molecule has 4 heteroatoms. The van der Waals surface area contributed by atoms with Gasteiger partial charge in [-0.3, -0.25) is 4.79 Å². The summed E-state index contributed by atoms with van der Waals surface area (Å²) in [6, 6.07) is 0.278. The predicted octanol–water partition coefficient (Wildman–Crippen LogP) is 1.05. The molecule has 16 heavy (non-hydrogen) atoms. The van der Waals surface area contributed by atoms with Crippen LogP contribution < -0.4 is 11.1 Å². The monoisotopic (exact) mass is 228 g/mol. The SMILES string of the molecule is COC(CN)C(=O)NC1CCCC(C)(C)C1. The van der Waals surface area contributed by atoms with E-state index in [1.165, 1.54) is 20.0 Å². The van der Waals surface area contributed by atoms with Crippen LogP contribution in [0.5, 0.6) is 0 Å². The first-order valence-corrected chi connectivity index (χ1v) is 6.02. The van der Waals surface area contributed by atoms with E-state index in [9.17, 15) is 4.79 Å². The molecular weight excluding hydrogens is 204 g/mol. The maximum atomic E-state index is 11.8. The van der Waals surface area contributed by atoms with Crippen molar-refractivity contribution in [3.8, 4) is 0 Å². The molecule has 1 aliphatic carbocycles. The number of nitrogens with two attached hydrogens (primary N) is 1. The van der Waals surface area contributed by atoms with E-state index in [0.717, 1.165) is 12.8 Å². The van der Waals surface area contributed by atoms with E-state index < -0.39 is 6.10 Å². The van der Waals surface area contributed by atoms with E-state index in [0.29, 0.717) is 5.41 Å². The highest BCUT2D eigenvalue weighted by Gasteiger charge is 2.29. The molecule has 94 valence electrons. The molecule has 1 fully saturated rings. The van der Waals surface area contributed by atoms with Crippen LogP contribution in [0.4, 0.5) is 0 Å². The number of hydrogen-bond donors (Lipinski definition) is 2. The third-order valence-corrected chi connectivity index (χ3v) is 3.34. The van der Waals surface area contributed by atoms with Gasteiger partial charge < -0.3 is 15.8 Å². The van der Waals surface area contributed by atoms with Crippen molar-refractivity contribution in [3.05, 3.63) is 0 Å². The molecule has 1 rings (SSSR count). The number of nitrogens with one attached hydrogen (secondary N) is 1. The molecule has 1 saturated carbocycles. The van der Waals surface area contributed by atoms with Crippen LogP contribution in [0.3, 0.4) is 0 Å². The molecule has 1 amide bonds. The van der Waals surface area contributed by atoms with Crippen LogP contribution in [0.2, 0.25) is 0 Å². The first-order chi connectivity index (χ1) is 7.48. The molecule has 0 heterocycles. The fourth-order valence-corrected chi connectivity index (χ4v) is 2.43. The summed E-state index contributed by atoms with van der Waals surface area (Å²) in [5.41, 5.74) is 5.79. The number of hydrogen-bond acceptors (Lipinski definition) is 3. The normalized spacial score (nSPS) is 26.1. The van der Waals surface area contributed by atoms with Crippen LogP contribution >= 0.6 is 0 Å². The zero-order valence-electron chi connectivity index (χ0n) is 10.6. The maximum absolute atomic E-state index is 11.8. The van der Waals surface area contributed by atoms with Gasteiger partial charge in [0.25, 0.3) is 5.91 Å². The largest absolute Gasteiger partial charge is 0.370 e. The Labute approximate surface area is 97.9 Å². The highest BCUT2D eigenvalue weighted by Crippen LogP contribution is 2.35. The van der Waals surface area contributed by atoms with Crippen LogP contribution in [-0.4, -0.2) is 31.7 Å². The summed E-state index contributed by atoms with van der Waals surface area (Å²) < 4.78 is 5.02. The van der Waals surface area contributed by atoms with Crippen molar-refractivity contribution < 1.29 is 9.53 Å². The maximum Gasteiger partial charge on any atom is 0.250 e. The van der Waals surface area contributed by atoms with Crippen LogP contribution in [0.25, 0.3) is 0 Å². The van der Waals surface area contributed by atoms with Gasteiger partial charge in [0.15, 0.2) is 0 Å². The van der Waals surface area contributed by atoms with Crippen molar-refractivity contribution in [2.45, 2.75) is 51.7 Å². The van der Waals surface area contributed by atoms with Crippen molar-refractivity contribution in [1.29, 1.82) is 0 Å². The van der Waals surface area contributed by atoms with Crippen molar-refractivity contribution in [2.24, 2.45) is 11.1 Å². The van der Waals surface area contributed by atoms with E-state index in [1.807, 2.05) is 0 Å². The summed E-state index contributed by atoms with van der Waals surface area (Å²) in [5, 5.41) is 3.03. The predicted molar refractivity (Wildman–Crippen MR) is 64.0 cm³/mol. The summed E-state index contributed by atoms with van der Waals surface area (Å²) in [7, 11) is 1.52. The molecule has 0 spiro atoms. The molecule has 2 unspecified atom stereocenters. The lowest BCUT2D eigenvalue weighted by Gasteiger charge is -2.36. The van der Waals surface area contributed by atoms with Gasteiger partial charge in [-0.15, -0.1) is 0 Å². The summed E-state index contributed by atoms with van der Waals surface area (Å²) in [5.74, 6) is -0.0762. The van der Waals surface area contributed by atoms with Gasteiger partial charge in [-0.25, -0.2) is 0 Å². The van der Waals surface area contributed by atoms with E-state index in [1.54, 1.807) is 0 Å². The third-order valence-electron chi connectivity index (χ3n) is 3.34. The molecule has 2 atom stereocenters. The summed E-state index contributed by atoms with van der Waals surface area (Å²) in [6.45, 7) is 4.74. The van der Waals surface area contributed by atoms with Gasteiger partial charge in [-0.2, -0.15) is 0 Å². The second-order valence-electron chi connectivity index (χ2n) is 5.43. The fourth-order valence-electron chi connectivity index (χ4n) is 2.43. The van der Waals surface area contributed by atoms with Gasteiger partial charge in [0, 0.05) is 19.7 Å². The number of methoxy groups -OCH3 is 1. The fraction of sp³-hybridized carbons (Fsp3) is 0.917. The van der Waals surface area contributed by atoms with Crippen LogP contribution in [0.1, 0.15) is 39.5 Å². The Morgan fingerprint density at radius 3 is 2.81 bits per heavy atom. The number of carbonyl (C=O) groups is 1. The Kier molecular flexibility index (Phi) is 4.74. The van der Waals surface area contributed by atoms with Crippen molar-refractivity contribution >= 4 is 5.91 Å². The Hall–Kier alpha value is -0.610. The van der Waals surface area contributed by atoms with Crippen LogP contribution in [0.15, 0.2) is 0 Å². The van der Waals surface area contributed by atoms with E-state index >= 15 is 0 Å². The average molecular weight is 228 g/mol. The molecular formula is C12H24N2O2. The standard InChI is InChI=1S/C12H24N2O2/c1-12(2)6-4-5-9(7-12)14-11(15)10(8-13)16-3/h9-10H,4-8,13H2,1-3H3,(H,14,15). The lowest BCUT2D eigenvalue weighted by Crippen LogP contribution is -2.47. The van der Waals surface area contributed by atoms with Gasteiger partial charge in [0.1, 0.15) is 6.10 Å². The lowest BCUT2D eigenvalue weighted by molar-refractivity contribution is -0.131. The second-order valence-corrected chi connectivity index (χ2v) is 5.43. The summed E-state index contributed by atoms with van der Waals surface area (Å²) in [6.07, 6.45) is 4.02. The smallest absolute Gasteiger partial charge is 0.250 e. The lowest BCUT2D eigenvalue weighted by atomic mass is 9.75. The van der Waals surface area contributed by atoms with Gasteiger partial charge >= 0.3 is 0 Å². The van der Waals surface area contributed by atoms with Gasteiger partial charge in [-0.05, 0) is 24.7 Å². The zero-order valence-corrected chi connectivity index (χ0v) is 10.6. The molecule has 0 aromatic carbocycles. The summed E-state index contributed by atoms with van der Waals surface area (Å²) >= 11 is 0. The number of ether oxygens (including phenoxy) is 1. The van der Waals surface area contributed by atoms with Crippen molar-refractivity contribution in [2.75, 3.05) is 13.7 Å². The molecule has 1 aliphatic rings. The minimum Gasteiger partial charge on any atom is -0.370 e. The van der Waals surface area contributed by atoms with E-state index in [-0.39, 0.29) is 18.5 Å². The number of rotatable bonds is 4. The van der Waals surface area contributed by atoms with E-state index in [2.05, 4.69) is 19.2 Å². The number of carbonyl (C=O) groups excluding carboxylic acids is 1. The molecule has 3 N–H and O–H groups in total. The molecule has 0 aliphatic heterocycles. The van der Waals surface area contributed by atoms with Gasteiger partial charge in [-0.1, -0.05) is 20.3 Å². The van der Waals surface area contributed by atoms with Gasteiger partial charge in [0.2, 0.25) is 0 Å². The Morgan fingerprint density at radius 2 is 2.31 bits per heavy atom. The van der Waals surface area contributed by atoms with Gasteiger partial charge in [0.05, 0.1) is 0 Å². The van der Waals surface area contributed by atoms with Crippen LogP contribution in [0, 0.1) is 5.41 Å². The minimum atomic E-state index is -0.509. The van der Waals surface area contributed by atoms with Crippen molar-refractivity contribution in [1.82, 2.24) is 5.32 Å². The first kappa shape index (κ1) is 13.5. The molecule has 0 saturated heterocycles. The van der Waals surface area contributed by atoms with E-state index in [4.69, 9.17) is 10.5 Å². The average Bonchev–Trinajstić information content (AvgIpc) is 2.17. The molecule has 0 aromatic rings. The van der Waals surface area contributed by atoms with Crippen molar-refractivity contribution in [3.63, 3.8) is 0 Å². The highest BCUT2D eigenvalue weighted by molar-refractivity contribution is 5.81. The second kappa shape index (κ2) is 5.64. The topological polar surface area (TPSA) is 64.3 Å². The number of amides is 1. The Morgan fingerprint density at radius 1 is 1.62 bits per heavy atom.